The van der Waals surface area contributed by atoms with Crippen molar-refractivity contribution in [2.24, 2.45) is 5.92 Å². The molecule has 2 rings (SSSR count). The molecule has 0 bridgehead atoms. The van der Waals surface area contributed by atoms with Gasteiger partial charge in [-0.25, -0.2) is 4.79 Å². The van der Waals surface area contributed by atoms with E-state index in [-0.39, 0.29) is 17.6 Å². The molecule has 1 N–H and O–H groups in total. The molecule has 1 aromatic heterocycles. The van der Waals surface area contributed by atoms with Crippen LogP contribution in [0.5, 0.6) is 0 Å². The van der Waals surface area contributed by atoms with Gasteiger partial charge in [-0.05, 0) is 32.0 Å². The Kier molecular flexibility index (Phi) is 4.79. The third-order valence-corrected chi connectivity index (χ3v) is 3.72. The van der Waals surface area contributed by atoms with Gasteiger partial charge < -0.3 is 14.5 Å². The number of rotatable bonds is 4. The van der Waals surface area contributed by atoms with E-state index in [1.54, 1.807) is 13.1 Å². The fourth-order valence-electron chi connectivity index (χ4n) is 2.53. The van der Waals surface area contributed by atoms with Crippen LogP contribution in [0, 0.1) is 5.92 Å². The first-order valence-electron chi connectivity index (χ1n) is 6.74. The molecule has 1 fully saturated rings. The molecule has 6 nitrogen and oxygen atoms in total. The molecule has 110 valence electrons. The number of ether oxygens (including phenoxy) is 1. The summed E-state index contributed by atoms with van der Waals surface area (Å²) < 4.78 is 9.85. The number of piperidine rings is 1. The first-order chi connectivity index (χ1) is 9.65. The second-order valence-electron chi connectivity index (χ2n) is 4.93. The van der Waals surface area contributed by atoms with Gasteiger partial charge in [0.2, 0.25) is 11.7 Å². The van der Waals surface area contributed by atoms with E-state index >= 15 is 0 Å². The highest BCUT2D eigenvalue weighted by Crippen LogP contribution is 2.21. The molecule has 0 radical (unpaired) electrons. The van der Waals surface area contributed by atoms with E-state index in [2.05, 4.69) is 15.0 Å². The molecule has 20 heavy (non-hydrogen) atoms. The smallest absolute Gasteiger partial charge is 0.374 e. The summed E-state index contributed by atoms with van der Waals surface area (Å²) in [5.74, 6) is 0.0232. The second kappa shape index (κ2) is 6.56. The molecule has 0 spiro atoms. The molecule has 1 aliphatic heterocycles. The summed E-state index contributed by atoms with van der Waals surface area (Å²) in [6.45, 7) is 2.31. The molecule has 0 aromatic carbocycles. The van der Waals surface area contributed by atoms with Crippen molar-refractivity contribution in [1.29, 1.82) is 0 Å². The number of esters is 1. The zero-order valence-electron chi connectivity index (χ0n) is 11.8. The van der Waals surface area contributed by atoms with Crippen molar-refractivity contribution in [3.8, 4) is 0 Å². The number of carbonyl (C=O) groups excluding carboxylic acids is 2. The topological polar surface area (TPSA) is 71.8 Å². The molecular weight excluding hydrogens is 260 g/mol. The maximum absolute atomic E-state index is 11.6. The van der Waals surface area contributed by atoms with Gasteiger partial charge >= 0.3 is 5.97 Å². The van der Waals surface area contributed by atoms with Gasteiger partial charge in [-0.2, -0.15) is 0 Å². The Bertz CT molecular complexity index is 475. The highest BCUT2D eigenvalue weighted by atomic mass is 16.5. The fourth-order valence-corrected chi connectivity index (χ4v) is 2.53. The number of hydrogen-bond acceptors (Lipinski definition) is 5. The van der Waals surface area contributed by atoms with Gasteiger partial charge in [-0.1, -0.05) is 0 Å². The van der Waals surface area contributed by atoms with Gasteiger partial charge in [-0.15, -0.1) is 0 Å². The molecule has 1 saturated heterocycles. The van der Waals surface area contributed by atoms with E-state index < -0.39 is 5.97 Å². The van der Waals surface area contributed by atoms with Crippen LogP contribution >= 0.6 is 0 Å². The lowest BCUT2D eigenvalue weighted by Gasteiger charge is -2.30. The largest absolute Gasteiger partial charge is 0.463 e. The van der Waals surface area contributed by atoms with E-state index in [0.29, 0.717) is 6.54 Å². The van der Waals surface area contributed by atoms with Crippen molar-refractivity contribution in [1.82, 2.24) is 10.2 Å². The fraction of sp³-hybridized carbons (Fsp3) is 0.571. The number of amides is 1. The van der Waals surface area contributed by atoms with Crippen LogP contribution in [0.3, 0.4) is 0 Å². The Morgan fingerprint density at radius 2 is 2.15 bits per heavy atom. The molecule has 1 aliphatic rings. The minimum Gasteiger partial charge on any atom is -0.463 e. The first-order valence-corrected chi connectivity index (χ1v) is 6.74. The lowest BCUT2D eigenvalue weighted by Crippen LogP contribution is -2.39. The van der Waals surface area contributed by atoms with E-state index in [1.165, 1.54) is 13.4 Å². The molecule has 0 unspecified atom stereocenters. The standard InChI is InChI=1S/C14H20N2O4/c1-15-13(17)10-3-6-16(7-4-10)9-11-5-8-20-12(11)14(18)19-2/h5,8,10H,3-4,6-7,9H2,1-2H3,(H,15,17). The van der Waals surface area contributed by atoms with Gasteiger partial charge in [0.25, 0.3) is 0 Å². The van der Waals surface area contributed by atoms with Gasteiger partial charge in [0.1, 0.15) is 0 Å². The Labute approximate surface area is 118 Å². The van der Waals surface area contributed by atoms with Gasteiger partial charge in [0, 0.05) is 25.1 Å². The maximum atomic E-state index is 11.6. The number of nitrogens with zero attached hydrogens (tertiary/aromatic N) is 1. The molecule has 1 amide bonds. The molecule has 0 atom stereocenters. The van der Waals surface area contributed by atoms with Crippen molar-refractivity contribution < 1.29 is 18.7 Å². The minimum absolute atomic E-state index is 0.0978. The first kappa shape index (κ1) is 14.6. The van der Waals surface area contributed by atoms with Crippen molar-refractivity contribution in [3.63, 3.8) is 0 Å². The summed E-state index contributed by atoms with van der Waals surface area (Å²) in [5.41, 5.74) is 0.829. The van der Waals surface area contributed by atoms with Crippen LogP contribution in [-0.4, -0.2) is 44.0 Å². The van der Waals surface area contributed by atoms with Crippen LogP contribution < -0.4 is 5.32 Å². The van der Waals surface area contributed by atoms with E-state index in [0.717, 1.165) is 31.5 Å². The number of nitrogens with one attached hydrogen (secondary N) is 1. The molecular formula is C14H20N2O4. The molecule has 6 heteroatoms. The SMILES string of the molecule is CNC(=O)C1CCN(Cc2ccoc2C(=O)OC)CC1. The monoisotopic (exact) mass is 280 g/mol. The number of carbonyl (C=O) groups is 2. The normalized spacial score (nSPS) is 16.9. The minimum atomic E-state index is -0.453. The van der Waals surface area contributed by atoms with Gasteiger partial charge in [0.05, 0.1) is 13.4 Å². The van der Waals surface area contributed by atoms with Crippen LogP contribution in [0.1, 0.15) is 29.0 Å². The summed E-state index contributed by atoms with van der Waals surface area (Å²) in [4.78, 5) is 25.3. The summed E-state index contributed by atoms with van der Waals surface area (Å²) in [5, 5.41) is 2.69. The van der Waals surface area contributed by atoms with Crippen molar-refractivity contribution in [2.45, 2.75) is 19.4 Å². The predicted octanol–water partition coefficient (Wildman–Crippen LogP) is 1.02. The summed E-state index contributed by atoms with van der Waals surface area (Å²) in [7, 11) is 3.01. The third-order valence-electron chi connectivity index (χ3n) is 3.72. The van der Waals surface area contributed by atoms with Crippen LogP contribution in [-0.2, 0) is 16.1 Å². The Hall–Kier alpha value is -1.82. The van der Waals surface area contributed by atoms with Gasteiger partial charge in [-0.3, -0.25) is 9.69 Å². The number of likely N-dealkylation sites (tertiary alicyclic amines) is 1. The number of methoxy groups -OCH3 is 1. The zero-order valence-corrected chi connectivity index (χ0v) is 11.8. The van der Waals surface area contributed by atoms with Crippen molar-refractivity contribution >= 4 is 11.9 Å². The third kappa shape index (κ3) is 3.19. The number of furan rings is 1. The van der Waals surface area contributed by atoms with E-state index in [9.17, 15) is 9.59 Å². The Balaban J connectivity index is 1.91. The van der Waals surface area contributed by atoms with Crippen LogP contribution in [0.2, 0.25) is 0 Å². The molecule has 1 aromatic rings. The van der Waals surface area contributed by atoms with Gasteiger partial charge in [0.15, 0.2) is 0 Å². The Morgan fingerprint density at radius 3 is 2.75 bits per heavy atom. The zero-order chi connectivity index (χ0) is 14.5. The second-order valence-corrected chi connectivity index (χ2v) is 4.93. The molecule has 2 heterocycles. The van der Waals surface area contributed by atoms with E-state index in [1.807, 2.05) is 0 Å². The summed E-state index contributed by atoms with van der Waals surface area (Å²) in [6, 6.07) is 1.79. The number of hydrogen-bond donors (Lipinski definition) is 1. The quantitative estimate of drug-likeness (QED) is 0.834. The summed E-state index contributed by atoms with van der Waals surface area (Å²) >= 11 is 0. The lowest BCUT2D eigenvalue weighted by molar-refractivity contribution is -0.125. The predicted molar refractivity (Wildman–Crippen MR) is 72.1 cm³/mol. The molecule has 0 saturated carbocycles. The lowest BCUT2D eigenvalue weighted by atomic mass is 9.95. The highest BCUT2D eigenvalue weighted by molar-refractivity contribution is 5.87. The maximum Gasteiger partial charge on any atom is 0.374 e. The Morgan fingerprint density at radius 1 is 1.45 bits per heavy atom. The van der Waals surface area contributed by atoms with Crippen molar-refractivity contribution in [3.05, 3.63) is 23.7 Å². The average molecular weight is 280 g/mol. The van der Waals surface area contributed by atoms with E-state index in [4.69, 9.17) is 4.42 Å². The van der Waals surface area contributed by atoms with Crippen molar-refractivity contribution in [2.75, 3.05) is 27.2 Å². The highest BCUT2D eigenvalue weighted by Gasteiger charge is 2.25. The van der Waals surface area contributed by atoms with Crippen LogP contribution in [0.15, 0.2) is 16.7 Å². The van der Waals surface area contributed by atoms with Crippen LogP contribution in [0.4, 0.5) is 0 Å². The summed E-state index contributed by atoms with van der Waals surface area (Å²) in [6.07, 6.45) is 3.18. The molecule has 0 aliphatic carbocycles. The average Bonchev–Trinajstić information content (AvgIpc) is 2.94. The van der Waals surface area contributed by atoms with Crippen LogP contribution in [0.25, 0.3) is 0 Å².